The molecule has 0 atom stereocenters. The van der Waals surface area contributed by atoms with Gasteiger partial charge >= 0.3 is 0 Å². The van der Waals surface area contributed by atoms with E-state index in [1.54, 1.807) is 7.11 Å². The van der Waals surface area contributed by atoms with Crippen molar-refractivity contribution in [1.29, 1.82) is 5.26 Å². The summed E-state index contributed by atoms with van der Waals surface area (Å²) < 4.78 is 5.11. The summed E-state index contributed by atoms with van der Waals surface area (Å²) in [5, 5.41) is 9.32. The van der Waals surface area contributed by atoms with Crippen LogP contribution in [0.4, 0.5) is 0 Å². The molecule has 2 rings (SSSR count). The SMILES string of the molecule is C=C(/C(C#N)=C/c1ccc(OC)cc1)c1ccccc1. The van der Waals surface area contributed by atoms with Gasteiger partial charge in [-0.3, -0.25) is 0 Å². The third-order valence-corrected chi connectivity index (χ3v) is 2.99. The Kier molecular flexibility index (Phi) is 4.36. The van der Waals surface area contributed by atoms with Crippen molar-refractivity contribution in [3.63, 3.8) is 0 Å². The molecule has 0 fully saturated rings. The number of hydrogen-bond donors (Lipinski definition) is 0. The summed E-state index contributed by atoms with van der Waals surface area (Å²) in [5.41, 5.74) is 3.18. The summed E-state index contributed by atoms with van der Waals surface area (Å²) in [5.74, 6) is 0.794. The van der Waals surface area contributed by atoms with Crippen molar-refractivity contribution in [1.82, 2.24) is 0 Å². The minimum absolute atomic E-state index is 0.557. The molecule has 2 heteroatoms. The molecule has 2 aromatic carbocycles. The molecule has 0 aromatic heterocycles. The second kappa shape index (κ2) is 6.40. The van der Waals surface area contributed by atoms with E-state index in [0.717, 1.165) is 22.4 Å². The highest BCUT2D eigenvalue weighted by atomic mass is 16.5. The molecule has 0 heterocycles. The summed E-state index contributed by atoms with van der Waals surface area (Å²) >= 11 is 0. The number of benzene rings is 2. The van der Waals surface area contributed by atoms with E-state index in [1.165, 1.54) is 0 Å². The summed E-state index contributed by atoms with van der Waals surface area (Å²) in [7, 11) is 1.63. The molecule has 0 spiro atoms. The third kappa shape index (κ3) is 3.15. The van der Waals surface area contributed by atoms with E-state index in [0.29, 0.717) is 5.57 Å². The highest BCUT2D eigenvalue weighted by Gasteiger charge is 2.05. The average Bonchev–Trinajstić information content (AvgIpc) is 2.53. The highest BCUT2D eigenvalue weighted by Crippen LogP contribution is 2.23. The monoisotopic (exact) mass is 261 g/mol. The summed E-state index contributed by atoms with van der Waals surface area (Å²) in [6.07, 6.45) is 1.83. The molecule has 0 amide bonds. The largest absolute Gasteiger partial charge is 0.497 e. The summed E-state index contributed by atoms with van der Waals surface area (Å²) in [4.78, 5) is 0. The Morgan fingerprint density at radius 1 is 1.10 bits per heavy atom. The molecule has 2 aromatic rings. The van der Waals surface area contributed by atoms with Crippen LogP contribution < -0.4 is 4.74 Å². The van der Waals surface area contributed by atoms with Crippen LogP contribution in [-0.2, 0) is 0 Å². The van der Waals surface area contributed by atoms with Crippen molar-refractivity contribution in [2.45, 2.75) is 0 Å². The maximum absolute atomic E-state index is 9.32. The fourth-order valence-corrected chi connectivity index (χ4v) is 1.85. The minimum Gasteiger partial charge on any atom is -0.497 e. The molecular weight excluding hydrogens is 246 g/mol. The van der Waals surface area contributed by atoms with Crippen molar-refractivity contribution in [2.75, 3.05) is 7.11 Å². The zero-order chi connectivity index (χ0) is 14.4. The Balaban J connectivity index is 2.30. The molecule has 0 aliphatic heterocycles. The van der Waals surface area contributed by atoms with Crippen LogP contribution in [0.5, 0.6) is 5.75 Å². The van der Waals surface area contributed by atoms with Crippen LogP contribution >= 0.6 is 0 Å². The fourth-order valence-electron chi connectivity index (χ4n) is 1.85. The minimum atomic E-state index is 0.557. The standard InChI is InChI=1S/C18H15NO/c1-14(16-6-4-3-5-7-16)17(13-19)12-15-8-10-18(20-2)11-9-15/h3-12H,1H2,2H3/b17-12+. The number of nitriles is 1. The number of hydrogen-bond acceptors (Lipinski definition) is 2. The van der Waals surface area contributed by atoms with E-state index < -0.39 is 0 Å². The van der Waals surface area contributed by atoms with E-state index in [1.807, 2.05) is 60.7 Å². The van der Waals surface area contributed by atoms with Crippen LogP contribution in [0.3, 0.4) is 0 Å². The van der Waals surface area contributed by atoms with Crippen LogP contribution in [0.2, 0.25) is 0 Å². The number of nitrogens with zero attached hydrogens (tertiary/aromatic N) is 1. The third-order valence-electron chi connectivity index (χ3n) is 2.99. The molecule has 0 unspecified atom stereocenters. The molecule has 0 aliphatic carbocycles. The van der Waals surface area contributed by atoms with Crippen molar-refractivity contribution in [3.8, 4) is 11.8 Å². The van der Waals surface area contributed by atoms with Gasteiger partial charge in [0.05, 0.1) is 18.8 Å². The van der Waals surface area contributed by atoms with E-state index in [9.17, 15) is 5.26 Å². The molecule has 0 bridgehead atoms. The fraction of sp³-hybridized carbons (Fsp3) is 0.0556. The molecule has 0 saturated carbocycles. The first-order valence-corrected chi connectivity index (χ1v) is 6.25. The smallest absolute Gasteiger partial charge is 0.118 e. The second-order valence-electron chi connectivity index (χ2n) is 4.29. The maximum Gasteiger partial charge on any atom is 0.118 e. The maximum atomic E-state index is 9.32. The van der Waals surface area contributed by atoms with Gasteiger partial charge in [0.25, 0.3) is 0 Å². The molecule has 0 saturated heterocycles. The summed E-state index contributed by atoms with van der Waals surface area (Å²) in [6, 6.07) is 19.5. The zero-order valence-electron chi connectivity index (χ0n) is 11.3. The molecule has 20 heavy (non-hydrogen) atoms. The Morgan fingerprint density at radius 2 is 1.75 bits per heavy atom. The topological polar surface area (TPSA) is 33.0 Å². The van der Waals surface area contributed by atoms with Crippen molar-refractivity contribution < 1.29 is 4.74 Å². The second-order valence-corrected chi connectivity index (χ2v) is 4.29. The van der Waals surface area contributed by atoms with Crippen LogP contribution in [0.25, 0.3) is 11.6 Å². The lowest BCUT2D eigenvalue weighted by molar-refractivity contribution is 0.415. The van der Waals surface area contributed by atoms with Gasteiger partial charge in [-0.05, 0) is 34.9 Å². The first kappa shape index (κ1) is 13.6. The molecule has 0 aliphatic rings. The van der Waals surface area contributed by atoms with Crippen LogP contribution in [0.15, 0.2) is 66.7 Å². The van der Waals surface area contributed by atoms with Crippen LogP contribution in [-0.4, -0.2) is 7.11 Å². The lowest BCUT2D eigenvalue weighted by atomic mass is 9.98. The van der Waals surface area contributed by atoms with Gasteiger partial charge in [-0.1, -0.05) is 49.0 Å². The zero-order valence-corrected chi connectivity index (χ0v) is 11.3. The van der Waals surface area contributed by atoms with E-state index in [-0.39, 0.29) is 0 Å². The Bertz CT molecular complexity index is 661. The molecule has 98 valence electrons. The molecule has 0 radical (unpaired) electrons. The first-order valence-electron chi connectivity index (χ1n) is 6.25. The number of allylic oxidation sites excluding steroid dienone is 2. The molecule has 2 nitrogen and oxygen atoms in total. The number of ether oxygens (including phenoxy) is 1. The predicted octanol–water partition coefficient (Wildman–Crippen LogP) is 4.32. The Morgan fingerprint density at radius 3 is 2.30 bits per heavy atom. The van der Waals surface area contributed by atoms with Gasteiger partial charge in [-0.15, -0.1) is 0 Å². The average molecular weight is 261 g/mol. The summed E-state index contributed by atoms with van der Waals surface area (Å²) in [6.45, 7) is 4.01. The Labute approximate surface area is 119 Å². The number of methoxy groups -OCH3 is 1. The molecular formula is C18H15NO. The molecule has 0 N–H and O–H groups in total. The van der Waals surface area contributed by atoms with Gasteiger partial charge < -0.3 is 4.74 Å². The van der Waals surface area contributed by atoms with E-state index in [4.69, 9.17) is 4.74 Å². The first-order chi connectivity index (χ1) is 9.74. The van der Waals surface area contributed by atoms with Crippen molar-refractivity contribution in [3.05, 3.63) is 77.9 Å². The normalized spacial score (nSPS) is 10.7. The van der Waals surface area contributed by atoms with E-state index in [2.05, 4.69) is 12.6 Å². The van der Waals surface area contributed by atoms with Gasteiger partial charge in [-0.25, -0.2) is 0 Å². The lowest BCUT2D eigenvalue weighted by Gasteiger charge is -2.05. The van der Waals surface area contributed by atoms with Gasteiger partial charge in [0.15, 0.2) is 0 Å². The van der Waals surface area contributed by atoms with E-state index >= 15 is 0 Å². The van der Waals surface area contributed by atoms with Crippen LogP contribution in [0, 0.1) is 11.3 Å². The van der Waals surface area contributed by atoms with Gasteiger partial charge in [0, 0.05) is 0 Å². The predicted molar refractivity (Wildman–Crippen MR) is 82.1 cm³/mol. The van der Waals surface area contributed by atoms with Gasteiger partial charge in [0.2, 0.25) is 0 Å². The quantitative estimate of drug-likeness (QED) is 0.606. The van der Waals surface area contributed by atoms with Crippen LogP contribution in [0.1, 0.15) is 11.1 Å². The lowest BCUT2D eigenvalue weighted by Crippen LogP contribution is -1.87. The van der Waals surface area contributed by atoms with Crippen molar-refractivity contribution >= 4 is 11.6 Å². The van der Waals surface area contributed by atoms with Gasteiger partial charge in [0.1, 0.15) is 5.75 Å². The highest BCUT2D eigenvalue weighted by molar-refractivity contribution is 5.87. The van der Waals surface area contributed by atoms with Crippen molar-refractivity contribution in [2.24, 2.45) is 0 Å². The Hall–Kier alpha value is -2.79. The number of rotatable bonds is 4. The van der Waals surface area contributed by atoms with Gasteiger partial charge in [-0.2, -0.15) is 5.26 Å².